The number of aromatic nitrogens is 4. The van der Waals surface area contributed by atoms with Gasteiger partial charge in [-0.25, -0.2) is 19.6 Å². The zero-order valence-electron chi connectivity index (χ0n) is 32.9. The molecule has 4 amide bonds. The summed E-state index contributed by atoms with van der Waals surface area (Å²) in [4.78, 5) is 84.5. The molecule has 0 saturated carbocycles. The van der Waals surface area contributed by atoms with Crippen LogP contribution in [0.2, 0.25) is 0 Å². The van der Waals surface area contributed by atoms with Gasteiger partial charge in [-0.1, -0.05) is 33.8 Å². The molecule has 16 nitrogen and oxygen atoms in total. The lowest BCUT2D eigenvalue weighted by molar-refractivity contribution is -0.136. The highest BCUT2D eigenvalue weighted by Crippen LogP contribution is 2.35. The number of methoxy groups -OCH3 is 2. The number of alkyl carbamates (subject to hydrolysis) is 2. The Morgan fingerprint density at radius 3 is 1.70 bits per heavy atom. The van der Waals surface area contributed by atoms with Crippen molar-refractivity contribution >= 4 is 45.9 Å². The van der Waals surface area contributed by atoms with Crippen molar-refractivity contribution in [3.8, 4) is 22.5 Å². The van der Waals surface area contributed by atoms with Crippen molar-refractivity contribution in [3.63, 3.8) is 0 Å². The maximum atomic E-state index is 13.9. The van der Waals surface area contributed by atoms with Crippen LogP contribution in [-0.4, -0.2) is 93.1 Å². The first-order valence-electron chi connectivity index (χ1n) is 19.3. The van der Waals surface area contributed by atoms with E-state index in [1.165, 1.54) is 14.2 Å². The first kappa shape index (κ1) is 39.1. The summed E-state index contributed by atoms with van der Waals surface area (Å²) in [5.74, 6) is 0.580. The summed E-state index contributed by atoms with van der Waals surface area (Å²) >= 11 is 0. The average molecular weight is 781 g/mol. The van der Waals surface area contributed by atoms with E-state index < -0.39 is 24.3 Å². The van der Waals surface area contributed by atoms with Crippen LogP contribution < -0.4 is 16.1 Å². The molecule has 2 fully saturated rings. The molecule has 4 atom stereocenters. The predicted octanol–water partition coefficient (Wildman–Crippen LogP) is 5.81. The Morgan fingerprint density at radius 1 is 0.719 bits per heavy atom. The van der Waals surface area contributed by atoms with Gasteiger partial charge in [0, 0.05) is 24.2 Å². The second-order valence-corrected chi connectivity index (χ2v) is 15.3. The molecule has 5 aromatic rings. The summed E-state index contributed by atoms with van der Waals surface area (Å²) in [7, 11) is 2.54. The van der Waals surface area contributed by atoms with Gasteiger partial charge in [-0.3, -0.25) is 14.4 Å². The van der Waals surface area contributed by atoms with Gasteiger partial charge in [-0.15, -0.1) is 0 Å². The number of nitrogens with one attached hydrogen (secondary N) is 4. The number of rotatable bonds is 10. The van der Waals surface area contributed by atoms with Gasteiger partial charge < -0.3 is 44.3 Å². The highest BCUT2D eigenvalue weighted by Gasteiger charge is 2.39. The fourth-order valence-corrected chi connectivity index (χ4v) is 7.88. The lowest BCUT2D eigenvalue weighted by Crippen LogP contribution is -2.51. The van der Waals surface area contributed by atoms with Gasteiger partial charge in [0.25, 0.3) is 0 Å². The summed E-state index contributed by atoms with van der Waals surface area (Å²) in [5, 5.41) is 6.17. The zero-order chi connectivity index (χ0) is 40.5. The number of amides is 4. The second kappa shape index (κ2) is 16.1. The van der Waals surface area contributed by atoms with E-state index in [1.807, 2.05) is 39.8 Å². The molecule has 57 heavy (non-hydrogen) atoms. The minimum Gasteiger partial charge on any atom is -0.456 e. The van der Waals surface area contributed by atoms with Gasteiger partial charge in [-0.05, 0) is 67.9 Å². The maximum Gasteiger partial charge on any atom is 0.407 e. The molecule has 2 saturated heterocycles. The van der Waals surface area contributed by atoms with Crippen LogP contribution in [0.15, 0.2) is 58.0 Å². The summed E-state index contributed by atoms with van der Waals surface area (Å²) in [6.07, 6.45) is 5.10. The second-order valence-electron chi connectivity index (χ2n) is 15.3. The molecule has 2 aromatic carbocycles. The van der Waals surface area contributed by atoms with E-state index in [0.29, 0.717) is 64.5 Å². The van der Waals surface area contributed by atoms with Crippen LogP contribution in [0.5, 0.6) is 0 Å². The highest BCUT2D eigenvalue weighted by atomic mass is 16.5. The number of H-pyrrole nitrogens is 2. The molecule has 3 aromatic heterocycles. The quantitative estimate of drug-likeness (QED) is 0.125. The number of imidazole rings is 2. The number of nitrogens with zero attached hydrogens (tertiary/aromatic N) is 4. The van der Waals surface area contributed by atoms with E-state index in [4.69, 9.17) is 13.9 Å². The van der Waals surface area contributed by atoms with Crippen molar-refractivity contribution in [1.29, 1.82) is 0 Å². The zero-order valence-corrected chi connectivity index (χ0v) is 32.9. The van der Waals surface area contributed by atoms with Gasteiger partial charge in [0.2, 0.25) is 17.2 Å². The molecule has 0 spiro atoms. The van der Waals surface area contributed by atoms with Gasteiger partial charge in [0.05, 0.1) is 60.9 Å². The number of ether oxygens (including phenoxy) is 2. The van der Waals surface area contributed by atoms with Gasteiger partial charge in [0.15, 0.2) is 0 Å². The molecular weight excluding hydrogens is 732 g/mol. The Kier molecular flexibility index (Phi) is 11.0. The van der Waals surface area contributed by atoms with Crippen LogP contribution in [0.25, 0.3) is 44.5 Å². The van der Waals surface area contributed by atoms with Crippen molar-refractivity contribution in [3.05, 3.63) is 70.7 Å². The Labute approximate surface area is 328 Å². The lowest BCUT2D eigenvalue weighted by Gasteiger charge is -2.30. The normalized spacial score (nSPS) is 18.0. The van der Waals surface area contributed by atoms with Crippen LogP contribution in [0, 0.1) is 11.8 Å². The number of carbonyl (C=O) groups is 4. The first-order chi connectivity index (χ1) is 27.4. The molecule has 0 bridgehead atoms. The monoisotopic (exact) mass is 780 g/mol. The number of hydrogen-bond acceptors (Lipinski definition) is 10. The third-order valence-electron chi connectivity index (χ3n) is 11.0. The third kappa shape index (κ3) is 7.67. The lowest BCUT2D eigenvalue weighted by atomic mass is 10.0. The van der Waals surface area contributed by atoms with Crippen LogP contribution >= 0.6 is 0 Å². The largest absolute Gasteiger partial charge is 0.456 e. The molecule has 1 unspecified atom stereocenters. The maximum absolute atomic E-state index is 13.9. The van der Waals surface area contributed by atoms with E-state index in [2.05, 4.69) is 30.6 Å². The molecule has 300 valence electrons. The van der Waals surface area contributed by atoms with E-state index in [9.17, 15) is 24.0 Å². The first-order valence-corrected chi connectivity index (χ1v) is 19.3. The van der Waals surface area contributed by atoms with Crippen molar-refractivity contribution < 1.29 is 33.1 Å². The summed E-state index contributed by atoms with van der Waals surface area (Å²) in [5.41, 5.74) is 3.53. The summed E-state index contributed by atoms with van der Waals surface area (Å²) in [6, 6.07) is 8.69. The van der Waals surface area contributed by atoms with Crippen LogP contribution in [0.4, 0.5) is 9.59 Å². The predicted molar refractivity (Wildman–Crippen MR) is 211 cm³/mol. The molecule has 5 heterocycles. The topological polar surface area (TPSA) is 205 Å². The average Bonchev–Trinajstić information content (AvgIpc) is 4.05. The summed E-state index contributed by atoms with van der Waals surface area (Å²) in [6.45, 7) is 8.57. The number of likely N-dealkylation sites (tertiary alicyclic amines) is 2. The Morgan fingerprint density at radius 2 is 1.21 bits per heavy atom. The Bertz CT molecular complexity index is 2380. The highest BCUT2D eigenvalue weighted by molar-refractivity contribution is 5.93. The molecule has 16 heteroatoms. The standard InChI is InChI=1S/C41H48N8O8/c1-21(2)33(46-40(53)55-5)38(51)48-15-7-9-29(48)36-42-19-27(44-36)23-12-14-31-26(17-23)35(50)25-13-11-24(18-32(25)57-31)28-20-43-37(45-28)30-10-8-16-49(30)39(52)34(22(3)4)47-41(54)56-6/h11-14,17-22,29-30,33-34H,7-10,15-16H2,1-6H3,(H,42,44)(H,43,45)(H,46,53)(H,47,54)/t29-,30-,33?,34-/m0/s1. The molecule has 2 aliphatic heterocycles. The number of carbonyl (C=O) groups excluding carboxylic acids is 4. The molecule has 0 radical (unpaired) electrons. The Balaban J connectivity index is 1.10. The van der Waals surface area contributed by atoms with E-state index in [0.717, 1.165) is 30.4 Å². The van der Waals surface area contributed by atoms with Crippen molar-refractivity contribution in [2.24, 2.45) is 11.8 Å². The smallest absolute Gasteiger partial charge is 0.407 e. The van der Waals surface area contributed by atoms with Crippen molar-refractivity contribution in [2.75, 3.05) is 27.3 Å². The molecular formula is C41H48N8O8. The fourth-order valence-electron chi connectivity index (χ4n) is 7.88. The third-order valence-corrected chi connectivity index (χ3v) is 11.0. The van der Waals surface area contributed by atoms with E-state index in [-0.39, 0.29) is 41.2 Å². The molecule has 2 aliphatic rings. The minimum atomic E-state index is -0.739. The van der Waals surface area contributed by atoms with Crippen LogP contribution in [-0.2, 0) is 19.1 Å². The van der Waals surface area contributed by atoms with Gasteiger partial charge in [-0.2, -0.15) is 0 Å². The van der Waals surface area contributed by atoms with Gasteiger partial charge >= 0.3 is 12.2 Å². The van der Waals surface area contributed by atoms with E-state index in [1.54, 1.807) is 46.5 Å². The SMILES string of the molecule is COC(=O)NC(C(=O)N1CCC[C@H]1c1ncc(-c2ccc3oc4cc(-c5cnc([C@@H]6CCCN6C(=O)[C@@H](NC(=O)OC)C(C)C)[nH]5)ccc4c(=O)c3c2)[nH]1)C(C)C. The number of benzene rings is 2. The number of aromatic amines is 2. The fraction of sp³-hybridized carbons (Fsp3) is 0.439. The van der Waals surface area contributed by atoms with Crippen molar-refractivity contribution in [2.45, 2.75) is 77.5 Å². The van der Waals surface area contributed by atoms with Crippen molar-refractivity contribution in [1.82, 2.24) is 40.4 Å². The van der Waals surface area contributed by atoms with Gasteiger partial charge in [0.1, 0.15) is 34.9 Å². The molecule has 0 aliphatic carbocycles. The van der Waals surface area contributed by atoms with Crippen LogP contribution in [0.1, 0.15) is 77.1 Å². The molecule has 4 N–H and O–H groups in total. The number of fused-ring (bicyclic) bond motifs is 2. The minimum absolute atomic E-state index is 0.146. The van der Waals surface area contributed by atoms with Crippen LogP contribution in [0.3, 0.4) is 0 Å². The molecule has 7 rings (SSSR count). The summed E-state index contributed by atoms with van der Waals surface area (Å²) < 4.78 is 15.8. The van der Waals surface area contributed by atoms with E-state index >= 15 is 0 Å². The Hall–Kier alpha value is -6.19. The number of hydrogen-bond donors (Lipinski definition) is 4.